The molecule has 0 aromatic carbocycles. The Morgan fingerprint density at radius 2 is 1.94 bits per heavy atom. The SMILES string of the molecule is CC(C)(C)OC(=O)N1C[C@@H]2C[C@H]1CN2c1ccc([N+](=O)[O-])c(Nc2ccnc(NC(=O)C3CC3)c2)n1. The van der Waals surface area contributed by atoms with Crippen LogP contribution in [0.1, 0.15) is 40.0 Å². The van der Waals surface area contributed by atoms with Crippen molar-refractivity contribution in [3.63, 3.8) is 0 Å². The number of carbonyl (C=O) groups excluding carboxylic acids is 2. The molecule has 190 valence electrons. The van der Waals surface area contributed by atoms with Crippen molar-refractivity contribution < 1.29 is 19.2 Å². The summed E-state index contributed by atoms with van der Waals surface area (Å²) in [5.41, 5.74) is -0.214. The maximum atomic E-state index is 12.6. The number of nitrogens with zero attached hydrogens (tertiary/aromatic N) is 5. The highest BCUT2D eigenvalue weighted by molar-refractivity contribution is 5.93. The number of piperazine rings is 1. The predicted octanol–water partition coefficient (Wildman–Crippen LogP) is 3.67. The quantitative estimate of drug-likeness (QED) is 0.453. The molecular weight excluding hydrogens is 466 g/mol. The molecule has 12 heteroatoms. The van der Waals surface area contributed by atoms with E-state index in [0.717, 1.165) is 19.3 Å². The molecule has 1 saturated carbocycles. The largest absolute Gasteiger partial charge is 0.444 e. The van der Waals surface area contributed by atoms with Gasteiger partial charge in [0, 0.05) is 43.0 Å². The first-order chi connectivity index (χ1) is 17.1. The summed E-state index contributed by atoms with van der Waals surface area (Å²) in [5.74, 6) is 1.01. The summed E-state index contributed by atoms with van der Waals surface area (Å²) in [4.78, 5) is 48.4. The monoisotopic (exact) mass is 495 g/mol. The summed E-state index contributed by atoms with van der Waals surface area (Å²) in [7, 11) is 0. The van der Waals surface area contributed by atoms with Gasteiger partial charge >= 0.3 is 11.8 Å². The molecule has 4 heterocycles. The molecule has 2 bridgehead atoms. The topological polar surface area (TPSA) is 143 Å². The van der Waals surface area contributed by atoms with E-state index >= 15 is 0 Å². The molecule has 12 nitrogen and oxygen atoms in total. The summed E-state index contributed by atoms with van der Waals surface area (Å²) >= 11 is 0. The molecule has 1 aliphatic carbocycles. The molecule has 2 aromatic heterocycles. The van der Waals surface area contributed by atoms with Gasteiger partial charge in [0.1, 0.15) is 17.2 Å². The van der Waals surface area contributed by atoms with E-state index in [0.29, 0.717) is 30.4 Å². The molecule has 2 amide bonds. The second-order valence-electron chi connectivity index (χ2n) is 10.4. The number of hydrogen-bond donors (Lipinski definition) is 2. The molecule has 2 atom stereocenters. The number of pyridine rings is 2. The van der Waals surface area contributed by atoms with Crippen LogP contribution in [0.5, 0.6) is 0 Å². The number of hydrogen-bond acceptors (Lipinski definition) is 9. The Morgan fingerprint density at radius 1 is 1.17 bits per heavy atom. The smallest absolute Gasteiger partial charge is 0.410 e. The van der Waals surface area contributed by atoms with Gasteiger partial charge in [-0.25, -0.2) is 14.8 Å². The maximum Gasteiger partial charge on any atom is 0.410 e. The third-order valence-corrected chi connectivity index (χ3v) is 6.44. The first-order valence-corrected chi connectivity index (χ1v) is 12.0. The fourth-order valence-corrected chi connectivity index (χ4v) is 4.62. The molecule has 2 aliphatic heterocycles. The van der Waals surface area contributed by atoms with Gasteiger partial charge in [0.25, 0.3) is 0 Å². The van der Waals surface area contributed by atoms with Crippen molar-refractivity contribution in [2.75, 3.05) is 28.6 Å². The minimum atomic E-state index is -0.563. The van der Waals surface area contributed by atoms with Gasteiger partial charge in [-0.15, -0.1) is 0 Å². The number of aromatic nitrogens is 2. The van der Waals surface area contributed by atoms with Crippen LogP contribution in [0.3, 0.4) is 0 Å². The minimum Gasteiger partial charge on any atom is -0.444 e. The molecule has 2 N–H and O–H groups in total. The van der Waals surface area contributed by atoms with Crippen LogP contribution in [0.15, 0.2) is 30.5 Å². The van der Waals surface area contributed by atoms with E-state index in [9.17, 15) is 19.7 Å². The number of ether oxygens (including phenoxy) is 1. The Hall–Kier alpha value is -3.96. The van der Waals surface area contributed by atoms with Gasteiger partial charge in [0.15, 0.2) is 0 Å². The highest BCUT2D eigenvalue weighted by Gasteiger charge is 2.47. The molecule has 5 rings (SSSR count). The van der Waals surface area contributed by atoms with E-state index in [2.05, 4.69) is 25.5 Å². The van der Waals surface area contributed by atoms with Gasteiger partial charge < -0.3 is 25.2 Å². The van der Waals surface area contributed by atoms with Crippen LogP contribution in [0.25, 0.3) is 0 Å². The number of likely N-dealkylation sites (tertiary alicyclic amines) is 1. The fourth-order valence-electron chi connectivity index (χ4n) is 4.62. The zero-order chi connectivity index (χ0) is 25.6. The first-order valence-electron chi connectivity index (χ1n) is 12.0. The maximum absolute atomic E-state index is 12.6. The van der Waals surface area contributed by atoms with E-state index in [1.165, 1.54) is 12.3 Å². The Morgan fingerprint density at radius 3 is 2.58 bits per heavy atom. The lowest BCUT2D eigenvalue weighted by Gasteiger charge is -2.35. The number of anilines is 4. The van der Waals surface area contributed by atoms with Crippen molar-refractivity contribution in [1.29, 1.82) is 0 Å². The predicted molar refractivity (Wildman–Crippen MR) is 132 cm³/mol. The average molecular weight is 496 g/mol. The van der Waals surface area contributed by atoms with E-state index in [1.807, 2.05) is 20.8 Å². The Kier molecular flexibility index (Phi) is 5.89. The van der Waals surface area contributed by atoms with Crippen molar-refractivity contribution in [2.24, 2.45) is 5.92 Å². The average Bonchev–Trinajstić information content (AvgIpc) is 3.46. The molecule has 0 spiro atoms. The lowest BCUT2D eigenvalue weighted by molar-refractivity contribution is -0.384. The number of carbonyl (C=O) groups is 2. The number of nitro groups is 1. The second-order valence-corrected chi connectivity index (χ2v) is 10.4. The van der Waals surface area contributed by atoms with Crippen LogP contribution in [-0.2, 0) is 9.53 Å². The van der Waals surface area contributed by atoms with Gasteiger partial charge in [-0.05, 0) is 52.2 Å². The van der Waals surface area contributed by atoms with E-state index in [-0.39, 0.29) is 41.5 Å². The number of rotatable bonds is 6. The highest BCUT2D eigenvalue weighted by Crippen LogP contribution is 2.37. The fraction of sp³-hybridized carbons (Fsp3) is 0.500. The van der Waals surface area contributed by atoms with Gasteiger partial charge in [-0.2, -0.15) is 0 Å². The van der Waals surface area contributed by atoms with Gasteiger partial charge in [-0.1, -0.05) is 0 Å². The Bertz CT molecular complexity index is 1210. The van der Waals surface area contributed by atoms with Crippen LogP contribution in [0.2, 0.25) is 0 Å². The lowest BCUT2D eigenvalue weighted by atomic mass is 10.2. The molecule has 0 radical (unpaired) electrons. The molecule has 3 fully saturated rings. The zero-order valence-electron chi connectivity index (χ0n) is 20.4. The van der Waals surface area contributed by atoms with Crippen LogP contribution >= 0.6 is 0 Å². The van der Waals surface area contributed by atoms with Crippen molar-refractivity contribution in [3.8, 4) is 0 Å². The Balaban J connectivity index is 1.32. The standard InChI is InChI=1S/C24H29N7O5/c1-24(2,3)36-23(33)30-13-16-11-17(30)12-29(16)20-7-6-18(31(34)35)21(28-20)26-15-8-9-25-19(10-15)27-22(32)14-4-5-14/h6-10,14,16-17H,4-5,11-13H2,1-3H3,(H2,25,26,27,28,32)/t16-,17-/m0/s1. The van der Waals surface area contributed by atoms with Crippen LogP contribution < -0.4 is 15.5 Å². The van der Waals surface area contributed by atoms with Gasteiger partial charge in [-0.3, -0.25) is 14.9 Å². The van der Waals surface area contributed by atoms with Crippen molar-refractivity contribution in [1.82, 2.24) is 14.9 Å². The van der Waals surface area contributed by atoms with Crippen LogP contribution in [0.4, 0.5) is 33.6 Å². The number of amides is 2. The molecule has 2 aromatic rings. The summed E-state index contributed by atoms with van der Waals surface area (Å²) in [6.45, 7) is 6.60. The van der Waals surface area contributed by atoms with Crippen molar-refractivity contribution >= 4 is 40.8 Å². The first kappa shape index (κ1) is 23.8. The third-order valence-electron chi connectivity index (χ3n) is 6.44. The highest BCUT2D eigenvalue weighted by atomic mass is 16.6. The van der Waals surface area contributed by atoms with Gasteiger partial charge in [0.2, 0.25) is 11.7 Å². The third kappa shape index (κ3) is 5.02. The van der Waals surface area contributed by atoms with E-state index < -0.39 is 10.5 Å². The summed E-state index contributed by atoms with van der Waals surface area (Å²) in [5, 5.41) is 17.5. The second kappa shape index (κ2) is 8.92. The van der Waals surface area contributed by atoms with E-state index in [4.69, 9.17) is 4.74 Å². The summed E-state index contributed by atoms with van der Waals surface area (Å²) < 4.78 is 5.53. The summed E-state index contributed by atoms with van der Waals surface area (Å²) in [6, 6.07) is 6.39. The normalized spacial score (nSPS) is 20.9. The summed E-state index contributed by atoms with van der Waals surface area (Å²) in [6.07, 6.45) is 3.73. The van der Waals surface area contributed by atoms with Gasteiger partial charge in [0.05, 0.1) is 17.0 Å². The molecule has 3 aliphatic rings. The Labute approximate surface area is 208 Å². The number of nitrogens with one attached hydrogen (secondary N) is 2. The molecule has 36 heavy (non-hydrogen) atoms. The van der Waals surface area contributed by atoms with Crippen molar-refractivity contribution in [2.45, 2.75) is 57.7 Å². The lowest BCUT2D eigenvalue weighted by Crippen LogP contribution is -2.50. The van der Waals surface area contributed by atoms with Crippen LogP contribution in [0, 0.1) is 16.0 Å². The molecule has 0 unspecified atom stereocenters. The van der Waals surface area contributed by atoms with Crippen molar-refractivity contribution in [3.05, 3.63) is 40.6 Å². The number of fused-ring (bicyclic) bond motifs is 2. The molecular formula is C24H29N7O5. The van der Waals surface area contributed by atoms with Crippen LogP contribution in [-0.4, -0.2) is 62.6 Å². The molecule has 2 saturated heterocycles. The zero-order valence-corrected chi connectivity index (χ0v) is 20.4. The van der Waals surface area contributed by atoms with E-state index in [1.54, 1.807) is 23.1 Å². The minimum absolute atomic E-state index is 0.00362.